The van der Waals surface area contributed by atoms with E-state index in [0.717, 1.165) is 35.8 Å². The molecule has 0 radical (unpaired) electrons. The second kappa shape index (κ2) is 10.5. The van der Waals surface area contributed by atoms with Gasteiger partial charge in [0.15, 0.2) is 5.13 Å². The maximum absolute atomic E-state index is 13.6. The largest absolute Gasteiger partial charge is 0.493 e. The molecular weight excluding hydrogens is 443 g/mol. The van der Waals surface area contributed by atoms with Crippen LogP contribution in [0.5, 0.6) is 5.75 Å². The first-order valence-corrected chi connectivity index (χ1v) is 10.9. The lowest BCUT2D eigenvalue weighted by Crippen LogP contribution is -2.14. The third-order valence-corrected chi connectivity index (χ3v) is 5.60. The number of benzene rings is 1. The van der Waals surface area contributed by atoms with Crippen molar-refractivity contribution < 1.29 is 27.4 Å². The van der Waals surface area contributed by atoms with Gasteiger partial charge >= 0.3 is 12.1 Å². The van der Waals surface area contributed by atoms with Gasteiger partial charge in [-0.3, -0.25) is 0 Å². The van der Waals surface area contributed by atoms with Crippen molar-refractivity contribution in [1.82, 2.24) is 10.3 Å². The summed E-state index contributed by atoms with van der Waals surface area (Å²) in [6.07, 6.45) is 3.30. The van der Waals surface area contributed by atoms with Crippen LogP contribution in [0, 0.1) is 0 Å². The molecule has 3 rings (SSSR count). The molecule has 0 bridgehead atoms. The van der Waals surface area contributed by atoms with Gasteiger partial charge in [0.2, 0.25) is 0 Å². The number of nitrogens with one attached hydrogen (secondary N) is 2. The molecule has 2 aromatic rings. The minimum Gasteiger partial charge on any atom is -0.493 e. The number of allylic oxidation sites excluding steroid dienone is 2. The Morgan fingerprint density at radius 3 is 2.78 bits per heavy atom. The molecule has 1 aliphatic rings. The van der Waals surface area contributed by atoms with Gasteiger partial charge in [-0.2, -0.15) is 13.2 Å². The molecule has 6 nitrogen and oxygen atoms in total. The van der Waals surface area contributed by atoms with Crippen LogP contribution in [0.25, 0.3) is 5.57 Å². The summed E-state index contributed by atoms with van der Waals surface area (Å²) in [4.78, 5) is 16.9. The molecule has 0 amide bonds. The summed E-state index contributed by atoms with van der Waals surface area (Å²) in [6.45, 7) is 2.70. The molecule has 0 fully saturated rings. The minimum atomic E-state index is -4.58. The number of unbranched alkanes of at least 4 members (excludes halogenated alkanes) is 2. The summed E-state index contributed by atoms with van der Waals surface area (Å²) in [5.41, 5.74) is 0.510. The minimum absolute atomic E-state index is 0.186. The first kappa shape index (κ1) is 23.6. The summed E-state index contributed by atoms with van der Waals surface area (Å²) in [6, 6.07) is 3.77. The number of esters is 1. The van der Waals surface area contributed by atoms with Gasteiger partial charge in [-0.05, 0) is 42.5 Å². The topological polar surface area (TPSA) is 72.5 Å². The quantitative estimate of drug-likeness (QED) is 0.361. The van der Waals surface area contributed by atoms with Crippen molar-refractivity contribution in [2.24, 2.45) is 0 Å². The van der Waals surface area contributed by atoms with Crippen LogP contribution in [0.4, 0.5) is 24.0 Å². The van der Waals surface area contributed by atoms with Crippen LogP contribution in [-0.4, -0.2) is 31.2 Å². The van der Waals surface area contributed by atoms with E-state index in [1.165, 1.54) is 19.2 Å². The van der Waals surface area contributed by atoms with Gasteiger partial charge < -0.3 is 20.1 Å². The van der Waals surface area contributed by atoms with Crippen LogP contribution in [0.15, 0.2) is 36.6 Å². The normalized spacial score (nSPS) is 13.3. The standard InChI is InChI=1S/C22H24F3N3O3S/c1-3-4-5-11-31-17-9-8-15(12-16(17)22(23,24)25)27-21-28-18(14-7-6-10-26-13-14)19(32-21)20(29)30-2/h6-10,12,26H,3-5,11,13H2,1-2H3,(H,27,28). The van der Waals surface area contributed by atoms with Crippen LogP contribution in [0.2, 0.25) is 0 Å². The fraction of sp³-hybridized carbons (Fsp3) is 0.364. The van der Waals surface area contributed by atoms with E-state index >= 15 is 0 Å². The second-order valence-electron chi connectivity index (χ2n) is 7.01. The number of dihydropyridines is 1. The number of carbonyl (C=O) groups excluding carboxylic acids is 1. The highest BCUT2D eigenvalue weighted by Gasteiger charge is 2.35. The fourth-order valence-electron chi connectivity index (χ4n) is 3.06. The van der Waals surface area contributed by atoms with E-state index in [4.69, 9.17) is 9.47 Å². The summed E-state index contributed by atoms with van der Waals surface area (Å²) in [5.74, 6) is -0.771. The molecule has 0 aliphatic carbocycles. The molecule has 0 saturated carbocycles. The lowest BCUT2D eigenvalue weighted by molar-refractivity contribution is -0.138. The van der Waals surface area contributed by atoms with E-state index in [0.29, 0.717) is 18.7 Å². The number of nitrogens with zero attached hydrogens (tertiary/aromatic N) is 1. The highest BCUT2D eigenvalue weighted by molar-refractivity contribution is 7.17. The highest BCUT2D eigenvalue weighted by atomic mass is 32.1. The summed E-state index contributed by atoms with van der Waals surface area (Å²) < 4.78 is 51.0. The van der Waals surface area contributed by atoms with E-state index in [2.05, 4.69) is 15.6 Å². The molecule has 0 saturated heterocycles. The third kappa shape index (κ3) is 5.82. The molecule has 1 aromatic heterocycles. The van der Waals surface area contributed by atoms with E-state index in [1.54, 1.807) is 12.3 Å². The Labute approximate surface area is 188 Å². The van der Waals surface area contributed by atoms with Crippen molar-refractivity contribution in [3.05, 3.63) is 52.7 Å². The Bertz CT molecular complexity index is 1020. The van der Waals surface area contributed by atoms with Gasteiger partial charge in [-0.15, -0.1) is 0 Å². The third-order valence-electron chi connectivity index (χ3n) is 4.65. The van der Waals surface area contributed by atoms with Gasteiger partial charge in [-0.1, -0.05) is 37.2 Å². The number of hydrogen-bond acceptors (Lipinski definition) is 7. The van der Waals surface area contributed by atoms with E-state index in [9.17, 15) is 18.0 Å². The molecule has 2 heterocycles. The maximum atomic E-state index is 13.6. The molecule has 1 aromatic carbocycles. The van der Waals surface area contributed by atoms with Crippen molar-refractivity contribution in [1.29, 1.82) is 0 Å². The molecule has 0 atom stereocenters. The lowest BCUT2D eigenvalue weighted by atomic mass is 10.1. The molecule has 0 spiro atoms. The van der Waals surface area contributed by atoms with E-state index in [1.807, 2.05) is 13.0 Å². The molecule has 1 aliphatic heterocycles. The molecule has 172 valence electrons. The number of anilines is 2. The number of aromatic nitrogens is 1. The summed E-state index contributed by atoms with van der Waals surface area (Å²) >= 11 is 1.02. The number of hydrogen-bond donors (Lipinski definition) is 2. The Hall–Kier alpha value is -3.01. The number of alkyl halides is 3. The first-order valence-electron chi connectivity index (χ1n) is 10.1. The number of halogens is 3. The average Bonchev–Trinajstić information content (AvgIpc) is 3.20. The van der Waals surface area contributed by atoms with Crippen LogP contribution in [0.3, 0.4) is 0 Å². The smallest absolute Gasteiger partial charge is 0.420 e. The van der Waals surface area contributed by atoms with Gasteiger partial charge in [0.25, 0.3) is 0 Å². The molecular formula is C22H24F3N3O3S. The van der Waals surface area contributed by atoms with Crippen molar-refractivity contribution in [2.75, 3.05) is 25.6 Å². The number of rotatable bonds is 9. The monoisotopic (exact) mass is 467 g/mol. The SMILES string of the molecule is CCCCCOc1ccc(Nc2nc(C3=CC=CNC3)c(C(=O)OC)s2)cc1C(F)(F)F. The first-order chi connectivity index (χ1) is 15.3. The Balaban J connectivity index is 1.87. The van der Waals surface area contributed by atoms with Crippen LogP contribution in [0.1, 0.15) is 47.1 Å². The Morgan fingerprint density at radius 1 is 1.31 bits per heavy atom. The molecule has 0 unspecified atom stereocenters. The van der Waals surface area contributed by atoms with Crippen molar-refractivity contribution in [2.45, 2.75) is 32.4 Å². The van der Waals surface area contributed by atoms with Crippen LogP contribution < -0.4 is 15.4 Å². The van der Waals surface area contributed by atoms with Crippen LogP contribution in [-0.2, 0) is 10.9 Å². The number of carbonyl (C=O) groups is 1. The second-order valence-corrected chi connectivity index (χ2v) is 8.01. The summed E-state index contributed by atoms with van der Waals surface area (Å²) in [5, 5.41) is 6.19. The zero-order chi connectivity index (χ0) is 23.1. The van der Waals surface area contributed by atoms with Gasteiger partial charge in [0, 0.05) is 12.2 Å². The van der Waals surface area contributed by atoms with Crippen molar-refractivity contribution in [3.8, 4) is 5.75 Å². The molecule has 2 N–H and O–H groups in total. The predicted octanol–water partition coefficient (Wildman–Crippen LogP) is 5.76. The molecule has 10 heteroatoms. The highest BCUT2D eigenvalue weighted by Crippen LogP contribution is 2.39. The molecule has 32 heavy (non-hydrogen) atoms. The van der Waals surface area contributed by atoms with Crippen molar-refractivity contribution >= 4 is 33.7 Å². The number of methoxy groups -OCH3 is 1. The van der Waals surface area contributed by atoms with Gasteiger partial charge in [0.05, 0.1) is 25.0 Å². The van der Waals surface area contributed by atoms with E-state index < -0.39 is 17.7 Å². The zero-order valence-corrected chi connectivity index (χ0v) is 18.5. The predicted molar refractivity (Wildman–Crippen MR) is 118 cm³/mol. The fourth-order valence-corrected chi connectivity index (χ4v) is 4.00. The lowest BCUT2D eigenvalue weighted by Gasteiger charge is -2.15. The average molecular weight is 468 g/mol. The van der Waals surface area contributed by atoms with Crippen LogP contribution >= 0.6 is 11.3 Å². The number of ether oxygens (including phenoxy) is 2. The van der Waals surface area contributed by atoms with E-state index in [-0.39, 0.29) is 28.1 Å². The Kier molecular flexibility index (Phi) is 7.79. The zero-order valence-electron chi connectivity index (χ0n) is 17.7. The van der Waals surface area contributed by atoms with Gasteiger partial charge in [0.1, 0.15) is 10.6 Å². The number of thiazole rings is 1. The Morgan fingerprint density at radius 2 is 2.12 bits per heavy atom. The van der Waals surface area contributed by atoms with Gasteiger partial charge in [-0.25, -0.2) is 9.78 Å². The summed E-state index contributed by atoms with van der Waals surface area (Å²) in [7, 11) is 1.27. The van der Waals surface area contributed by atoms with Crippen molar-refractivity contribution in [3.63, 3.8) is 0 Å². The maximum Gasteiger partial charge on any atom is 0.420 e.